The highest BCUT2D eigenvalue weighted by Gasteiger charge is 2.28. The molecular weight excluding hydrogens is 236 g/mol. The zero-order chi connectivity index (χ0) is 13.7. The summed E-state index contributed by atoms with van der Waals surface area (Å²) in [6, 6.07) is -1.05. The van der Waals surface area contributed by atoms with Crippen LogP contribution in [0.3, 0.4) is 0 Å². The molecule has 0 aromatic carbocycles. The van der Waals surface area contributed by atoms with Crippen LogP contribution < -0.4 is 5.32 Å². The number of ether oxygens (including phenoxy) is 1. The van der Waals surface area contributed by atoms with Gasteiger partial charge in [-0.2, -0.15) is 0 Å². The number of aliphatic carboxylic acids is 1. The number of rotatable bonds is 4. The van der Waals surface area contributed by atoms with Gasteiger partial charge < -0.3 is 20.1 Å². The summed E-state index contributed by atoms with van der Waals surface area (Å²) in [6.45, 7) is 4.84. The number of nitrogens with zero attached hydrogens (tertiary/aromatic N) is 1. The molecule has 0 bridgehead atoms. The van der Waals surface area contributed by atoms with Crippen molar-refractivity contribution >= 4 is 12.0 Å². The first-order valence-electron chi connectivity index (χ1n) is 6.27. The lowest BCUT2D eigenvalue weighted by atomic mass is 10.0. The van der Waals surface area contributed by atoms with Crippen molar-refractivity contribution in [1.29, 1.82) is 0 Å². The Labute approximate surface area is 107 Å². The van der Waals surface area contributed by atoms with Crippen LogP contribution in [0.15, 0.2) is 0 Å². The van der Waals surface area contributed by atoms with Gasteiger partial charge in [-0.1, -0.05) is 13.8 Å². The standard InChI is InChI=1S/C12H22N2O4/c1-8(2)10(11(15)16)13-12(17)14(3)9-4-6-18-7-5-9/h8-10H,4-7H2,1-3H3,(H,13,17)(H,15,16). The lowest BCUT2D eigenvalue weighted by Gasteiger charge is -2.32. The first kappa shape index (κ1) is 14.8. The van der Waals surface area contributed by atoms with E-state index in [1.165, 1.54) is 0 Å². The lowest BCUT2D eigenvalue weighted by molar-refractivity contribution is -0.140. The fourth-order valence-electron chi connectivity index (χ4n) is 1.99. The van der Waals surface area contributed by atoms with Gasteiger partial charge in [0, 0.05) is 26.3 Å². The summed E-state index contributed by atoms with van der Waals surface area (Å²) < 4.78 is 5.23. The number of carboxylic acid groups (broad SMARTS) is 1. The fourth-order valence-corrected chi connectivity index (χ4v) is 1.99. The van der Waals surface area contributed by atoms with Crippen molar-refractivity contribution < 1.29 is 19.4 Å². The number of carbonyl (C=O) groups excluding carboxylic acids is 1. The molecule has 6 nitrogen and oxygen atoms in total. The van der Waals surface area contributed by atoms with Crippen LogP contribution in [0.4, 0.5) is 4.79 Å². The van der Waals surface area contributed by atoms with Gasteiger partial charge in [-0.3, -0.25) is 0 Å². The van der Waals surface area contributed by atoms with Crippen LogP contribution in [0, 0.1) is 5.92 Å². The molecule has 1 unspecified atom stereocenters. The van der Waals surface area contributed by atoms with Crippen molar-refractivity contribution in [1.82, 2.24) is 10.2 Å². The van der Waals surface area contributed by atoms with Gasteiger partial charge in [0.05, 0.1) is 0 Å². The van der Waals surface area contributed by atoms with Crippen molar-refractivity contribution in [3.63, 3.8) is 0 Å². The summed E-state index contributed by atoms with van der Waals surface area (Å²) in [5.41, 5.74) is 0. The van der Waals surface area contributed by atoms with E-state index in [0.717, 1.165) is 12.8 Å². The summed E-state index contributed by atoms with van der Waals surface area (Å²) in [5.74, 6) is -1.15. The van der Waals surface area contributed by atoms with E-state index in [1.807, 2.05) is 0 Å². The topological polar surface area (TPSA) is 78.9 Å². The number of hydrogen-bond acceptors (Lipinski definition) is 3. The smallest absolute Gasteiger partial charge is 0.326 e. The summed E-state index contributed by atoms with van der Waals surface area (Å²) in [6.07, 6.45) is 1.59. The van der Waals surface area contributed by atoms with Gasteiger partial charge in [0.2, 0.25) is 0 Å². The predicted octanol–water partition coefficient (Wildman–Crippen LogP) is 0.916. The molecule has 0 aromatic rings. The first-order chi connectivity index (χ1) is 8.43. The van der Waals surface area contributed by atoms with E-state index in [0.29, 0.717) is 13.2 Å². The highest BCUT2D eigenvalue weighted by molar-refractivity contribution is 5.82. The van der Waals surface area contributed by atoms with Crippen LogP contribution in [0.5, 0.6) is 0 Å². The average molecular weight is 258 g/mol. The third-order valence-electron chi connectivity index (χ3n) is 3.27. The van der Waals surface area contributed by atoms with Gasteiger partial charge in [-0.25, -0.2) is 9.59 Å². The normalized spacial score (nSPS) is 18.4. The Morgan fingerprint density at radius 2 is 1.89 bits per heavy atom. The molecule has 6 heteroatoms. The molecule has 18 heavy (non-hydrogen) atoms. The van der Waals surface area contributed by atoms with Crippen LogP contribution in [-0.4, -0.2) is 54.4 Å². The Balaban J connectivity index is 2.54. The molecule has 1 fully saturated rings. The second-order valence-electron chi connectivity index (χ2n) is 4.96. The second kappa shape index (κ2) is 6.58. The van der Waals surface area contributed by atoms with Gasteiger partial charge in [0.15, 0.2) is 0 Å². The molecule has 2 N–H and O–H groups in total. The molecule has 104 valence electrons. The third-order valence-corrected chi connectivity index (χ3v) is 3.27. The van der Waals surface area contributed by atoms with E-state index in [2.05, 4.69) is 5.32 Å². The zero-order valence-electron chi connectivity index (χ0n) is 11.2. The van der Waals surface area contributed by atoms with E-state index < -0.39 is 12.0 Å². The van der Waals surface area contributed by atoms with Gasteiger partial charge in [-0.15, -0.1) is 0 Å². The summed E-state index contributed by atoms with van der Waals surface area (Å²) in [5, 5.41) is 11.6. The SMILES string of the molecule is CC(C)C(NC(=O)N(C)C1CCOCC1)C(=O)O. The molecular formula is C12H22N2O4. The Hall–Kier alpha value is -1.30. The summed E-state index contributed by atoms with van der Waals surface area (Å²) >= 11 is 0. The van der Waals surface area contributed by atoms with E-state index >= 15 is 0 Å². The molecule has 0 aromatic heterocycles. The lowest BCUT2D eigenvalue weighted by Crippen LogP contribution is -2.52. The first-order valence-corrected chi connectivity index (χ1v) is 6.27. The maximum atomic E-state index is 12.0. The highest BCUT2D eigenvalue weighted by Crippen LogP contribution is 2.13. The Bertz CT molecular complexity index is 300. The quantitative estimate of drug-likeness (QED) is 0.785. The fraction of sp³-hybridized carbons (Fsp3) is 0.833. The van der Waals surface area contributed by atoms with Gasteiger partial charge in [0.1, 0.15) is 6.04 Å². The molecule has 1 atom stereocenters. The van der Waals surface area contributed by atoms with Crippen molar-refractivity contribution in [2.75, 3.05) is 20.3 Å². The Morgan fingerprint density at radius 1 is 1.33 bits per heavy atom. The van der Waals surface area contributed by atoms with E-state index in [9.17, 15) is 9.59 Å². The molecule has 1 saturated heterocycles. The number of amides is 2. The molecule has 1 aliphatic rings. The minimum atomic E-state index is -1.00. The van der Waals surface area contributed by atoms with Crippen molar-refractivity contribution in [2.24, 2.45) is 5.92 Å². The van der Waals surface area contributed by atoms with Crippen molar-refractivity contribution in [3.8, 4) is 0 Å². The highest BCUT2D eigenvalue weighted by atomic mass is 16.5. The monoisotopic (exact) mass is 258 g/mol. The van der Waals surface area contributed by atoms with Crippen molar-refractivity contribution in [3.05, 3.63) is 0 Å². The molecule has 1 rings (SSSR count). The van der Waals surface area contributed by atoms with Gasteiger partial charge in [-0.05, 0) is 18.8 Å². The van der Waals surface area contributed by atoms with Crippen LogP contribution in [0.2, 0.25) is 0 Å². The number of urea groups is 1. The molecule has 0 aliphatic carbocycles. The third kappa shape index (κ3) is 3.87. The van der Waals surface area contributed by atoms with Crippen LogP contribution in [0.25, 0.3) is 0 Å². The summed E-state index contributed by atoms with van der Waals surface area (Å²) in [4.78, 5) is 24.6. The molecule has 1 aliphatic heterocycles. The maximum Gasteiger partial charge on any atom is 0.326 e. The second-order valence-corrected chi connectivity index (χ2v) is 4.96. The molecule has 2 amide bonds. The number of carbonyl (C=O) groups is 2. The van der Waals surface area contributed by atoms with Gasteiger partial charge >= 0.3 is 12.0 Å². The number of hydrogen-bond donors (Lipinski definition) is 2. The van der Waals surface area contributed by atoms with Crippen LogP contribution >= 0.6 is 0 Å². The number of carboxylic acids is 1. The molecule has 0 spiro atoms. The Kier molecular flexibility index (Phi) is 5.40. The van der Waals surface area contributed by atoms with Crippen LogP contribution in [0.1, 0.15) is 26.7 Å². The van der Waals surface area contributed by atoms with Crippen LogP contribution in [-0.2, 0) is 9.53 Å². The molecule has 0 saturated carbocycles. The number of nitrogens with one attached hydrogen (secondary N) is 1. The minimum absolute atomic E-state index is 0.125. The minimum Gasteiger partial charge on any atom is -0.480 e. The van der Waals surface area contributed by atoms with E-state index in [-0.39, 0.29) is 18.0 Å². The van der Waals surface area contributed by atoms with Gasteiger partial charge in [0.25, 0.3) is 0 Å². The average Bonchev–Trinajstić information content (AvgIpc) is 2.35. The zero-order valence-corrected chi connectivity index (χ0v) is 11.2. The van der Waals surface area contributed by atoms with Crippen molar-refractivity contribution in [2.45, 2.75) is 38.8 Å². The predicted molar refractivity (Wildman–Crippen MR) is 66.4 cm³/mol. The van der Waals surface area contributed by atoms with E-state index in [4.69, 9.17) is 9.84 Å². The van der Waals surface area contributed by atoms with E-state index in [1.54, 1.807) is 25.8 Å². The molecule has 1 heterocycles. The molecule has 0 radical (unpaired) electrons. The Morgan fingerprint density at radius 3 is 2.33 bits per heavy atom. The largest absolute Gasteiger partial charge is 0.480 e. The maximum absolute atomic E-state index is 12.0. The summed E-state index contributed by atoms with van der Waals surface area (Å²) in [7, 11) is 1.70.